The van der Waals surface area contributed by atoms with Gasteiger partial charge in [0, 0.05) is 12.1 Å². The van der Waals surface area contributed by atoms with Crippen molar-refractivity contribution in [3.63, 3.8) is 0 Å². The molecule has 0 amide bonds. The molecule has 0 N–H and O–H groups in total. The summed E-state index contributed by atoms with van der Waals surface area (Å²) in [6.45, 7) is 8.24. The van der Waals surface area contributed by atoms with E-state index < -0.39 is 0 Å². The highest BCUT2D eigenvalue weighted by Crippen LogP contribution is 2.17. The van der Waals surface area contributed by atoms with E-state index in [2.05, 4.69) is 23.2 Å². The van der Waals surface area contributed by atoms with Crippen molar-refractivity contribution in [3.05, 3.63) is 89.8 Å². The molecule has 0 saturated carbocycles. The van der Waals surface area contributed by atoms with E-state index in [4.69, 9.17) is 4.74 Å². The Morgan fingerprint density at radius 1 is 1.14 bits per heavy atom. The van der Waals surface area contributed by atoms with Crippen molar-refractivity contribution >= 4 is 23.1 Å². The standard InChI is InChI=1S/C22H22N4O2/c1-4-14-25-19-12-8-7-11-18(19)24-21(22(25)27)26(15-5-2)23-16-17-10-6-9-13-20(17)28-3/h4-13,16H,1-2,14-15H2,3H3/b23-16+. The van der Waals surface area contributed by atoms with Gasteiger partial charge in [0.25, 0.3) is 5.56 Å². The molecule has 2 aromatic carbocycles. The molecular weight excluding hydrogens is 352 g/mol. The maximum absolute atomic E-state index is 13.1. The van der Waals surface area contributed by atoms with Crippen molar-refractivity contribution < 1.29 is 4.74 Å². The molecule has 0 atom stereocenters. The minimum Gasteiger partial charge on any atom is -0.496 e. The number of fused-ring (bicyclic) bond motifs is 1. The molecule has 3 rings (SSSR count). The number of aromatic nitrogens is 2. The van der Waals surface area contributed by atoms with E-state index in [1.165, 1.54) is 5.01 Å². The zero-order valence-corrected chi connectivity index (χ0v) is 15.8. The van der Waals surface area contributed by atoms with Crippen LogP contribution < -0.4 is 15.3 Å². The summed E-state index contributed by atoms with van der Waals surface area (Å²) in [7, 11) is 1.60. The number of para-hydroxylation sites is 3. The molecule has 1 aromatic heterocycles. The van der Waals surface area contributed by atoms with E-state index in [1.807, 2.05) is 48.5 Å². The van der Waals surface area contributed by atoms with Gasteiger partial charge < -0.3 is 4.74 Å². The summed E-state index contributed by atoms with van der Waals surface area (Å²) in [5.41, 5.74) is 2.02. The third-order valence-corrected chi connectivity index (χ3v) is 4.17. The van der Waals surface area contributed by atoms with Crippen LogP contribution >= 0.6 is 0 Å². The van der Waals surface area contributed by atoms with E-state index in [1.54, 1.807) is 30.0 Å². The third-order valence-electron chi connectivity index (χ3n) is 4.17. The molecule has 0 bridgehead atoms. The molecule has 0 spiro atoms. The summed E-state index contributed by atoms with van der Waals surface area (Å²) in [5.74, 6) is 0.923. The zero-order chi connectivity index (χ0) is 19.9. The highest BCUT2D eigenvalue weighted by Gasteiger charge is 2.15. The number of ether oxygens (including phenoxy) is 1. The average molecular weight is 374 g/mol. The molecule has 0 aliphatic rings. The van der Waals surface area contributed by atoms with Gasteiger partial charge in [-0.15, -0.1) is 13.2 Å². The topological polar surface area (TPSA) is 59.7 Å². The largest absolute Gasteiger partial charge is 0.496 e. The number of benzene rings is 2. The Morgan fingerprint density at radius 2 is 1.89 bits per heavy atom. The lowest BCUT2D eigenvalue weighted by atomic mass is 10.2. The zero-order valence-electron chi connectivity index (χ0n) is 15.8. The SMILES string of the molecule is C=CCN(/N=C/c1ccccc1OC)c1nc2ccccc2n(CC=C)c1=O. The fraction of sp³-hybridized carbons (Fsp3) is 0.136. The van der Waals surface area contributed by atoms with Crippen molar-refractivity contribution in [1.82, 2.24) is 9.55 Å². The molecule has 3 aromatic rings. The quantitative estimate of drug-likeness (QED) is 0.343. The lowest BCUT2D eigenvalue weighted by Crippen LogP contribution is -2.31. The molecule has 0 saturated heterocycles. The van der Waals surface area contributed by atoms with Crippen LogP contribution in [0.4, 0.5) is 5.82 Å². The van der Waals surface area contributed by atoms with Gasteiger partial charge in [-0.2, -0.15) is 5.10 Å². The van der Waals surface area contributed by atoms with E-state index >= 15 is 0 Å². The molecule has 0 radical (unpaired) electrons. The van der Waals surface area contributed by atoms with Gasteiger partial charge >= 0.3 is 0 Å². The van der Waals surface area contributed by atoms with Crippen LogP contribution in [-0.4, -0.2) is 29.4 Å². The van der Waals surface area contributed by atoms with Gasteiger partial charge in [0.05, 0.1) is 30.9 Å². The summed E-state index contributed by atoms with van der Waals surface area (Å²) < 4.78 is 6.99. The molecule has 142 valence electrons. The maximum Gasteiger partial charge on any atom is 0.296 e. The third kappa shape index (κ3) is 3.86. The van der Waals surface area contributed by atoms with Gasteiger partial charge in [-0.3, -0.25) is 9.36 Å². The minimum absolute atomic E-state index is 0.228. The molecule has 6 nitrogen and oxygen atoms in total. The monoisotopic (exact) mass is 374 g/mol. The van der Waals surface area contributed by atoms with Crippen LogP contribution in [0.25, 0.3) is 11.0 Å². The number of hydrazone groups is 1. The van der Waals surface area contributed by atoms with Gasteiger partial charge in [-0.25, -0.2) is 9.99 Å². The summed E-state index contributed by atoms with van der Waals surface area (Å²) in [6.07, 6.45) is 5.01. The molecular formula is C22H22N4O2. The Labute approximate surface area is 163 Å². The maximum atomic E-state index is 13.1. The van der Waals surface area contributed by atoms with Gasteiger partial charge in [-0.1, -0.05) is 36.4 Å². The molecule has 0 fully saturated rings. The molecule has 1 heterocycles. The first-order chi connectivity index (χ1) is 13.7. The Hall–Kier alpha value is -3.67. The number of hydrogen-bond donors (Lipinski definition) is 0. The van der Waals surface area contributed by atoms with E-state index in [0.717, 1.165) is 11.1 Å². The highest BCUT2D eigenvalue weighted by atomic mass is 16.5. The molecule has 0 aliphatic heterocycles. The number of anilines is 1. The van der Waals surface area contributed by atoms with Crippen molar-refractivity contribution in [1.29, 1.82) is 0 Å². The van der Waals surface area contributed by atoms with Gasteiger partial charge in [-0.05, 0) is 24.3 Å². The number of allylic oxidation sites excluding steroid dienone is 1. The number of rotatable bonds is 8. The van der Waals surface area contributed by atoms with Crippen LogP contribution in [0.15, 0.2) is 83.7 Å². The summed E-state index contributed by atoms with van der Waals surface area (Å²) in [5, 5.41) is 6.02. The fourth-order valence-electron chi connectivity index (χ4n) is 2.87. The first-order valence-corrected chi connectivity index (χ1v) is 8.85. The van der Waals surface area contributed by atoms with Gasteiger partial charge in [0.2, 0.25) is 5.82 Å². The van der Waals surface area contributed by atoms with E-state index in [0.29, 0.717) is 24.4 Å². The molecule has 0 unspecified atom stereocenters. The minimum atomic E-state index is -0.238. The lowest BCUT2D eigenvalue weighted by Gasteiger charge is -2.18. The molecule has 6 heteroatoms. The Bertz CT molecular complexity index is 1090. The van der Waals surface area contributed by atoms with E-state index in [-0.39, 0.29) is 11.4 Å². The Morgan fingerprint density at radius 3 is 2.64 bits per heavy atom. The van der Waals surface area contributed by atoms with Crippen LogP contribution in [-0.2, 0) is 6.54 Å². The van der Waals surface area contributed by atoms with Crippen LogP contribution in [0.2, 0.25) is 0 Å². The second-order valence-corrected chi connectivity index (χ2v) is 5.99. The second kappa shape index (κ2) is 8.81. The van der Waals surface area contributed by atoms with Crippen LogP contribution in [0.1, 0.15) is 5.56 Å². The summed E-state index contributed by atoms with van der Waals surface area (Å²) >= 11 is 0. The lowest BCUT2D eigenvalue weighted by molar-refractivity contribution is 0.414. The van der Waals surface area contributed by atoms with Gasteiger partial charge in [0.1, 0.15) is 5.75 Å². The van der Waals surface area contributed by atoms with Crippen LogP contribution in [0.3, 0.4) is 0 Å². The average Bonchev–Trinajstić information content (AvgIpc) is 2.73. The van der Waals surface area contributed by atoms with Crippen LogP contribution in [0, 0.1) is 0 Å². The van der Waals surface area contributed by atoms with Crippen molar-refractivity contribution in [3.8, 4) is 5.75 Å². The summed E-state index contributed by atoms with van der Waals surface area (Å²) in [4.78, 5) is 17.7. The van der Waals surface area contributed by atoms with Crippen molar-refractivity contribution in [2.24, 2.45) is 5.10 Å². The highest BCUT2D eigenvalue weighted by molar-refractivity contribution is 5.84. The predicted octanol–water partition coefficient (Wildman–Crippen LogP) is 3.62. The smallest absolute Gasteiger partial charge is 0.296 e. The normalized spacial score (nSPS) is 10.9. The molecule has 0 aliphatic carbocycles. The Kier molecular flexibility index (Phi) is 6.01. The number of methoxy groups -OCH3 is 1. The van der Waals surface area contributed by atoms with E-state index in [9.17, 15) is 4.79 Å². The Balaban J connectivity index is 2.12. The summed E-state index contributed by atoms with van der Waals surface area (Å²) in [6, 6.07) is 15.0. The first kappa shape index (κ1) is 19.1. The number of hydrogen-bond acceptors (Lipinski definition) is 5. The molecule has 28 heavy (non-hydrogen) atoms. The number of nitrogens with zero attached hydrogens (tertiary/aromatic N) is 4. The van der Waals surface area contributed by atoms with Crippen molar-refractivity contribution in [2.45, 2.75) is 6.54 Å². The van der Waals surface area contributed by atoms with Crippen LogP contribution in [0.5, 0.6) is 5.75 Å². The fourth-order valence-corrected chi connectivity index (χ4v) is 2.87. The van der Waals surface area contributed by atoms with Gasteiger partial charge in [0.15, 0.2) is 0 Å². The first-order valence-electron chi connectivity index (χ1n) is 8.85. The van der Waals surface area contributed by atoms with Crippen molar-refractivity contribution in [2.75, 3.05) is 18.7 Å². The second-order valence-electron chi connectivity index (χ2n) is 5.99. The predicted molar refractivity (Wildman–Crippen MR) is 114 cm³/mol.